The van der Waals surface area contributed by atoms with Gasteiger partial charge >= 0.3 is 0 Å². The number of nitrogens with one attached hydrogen (secondary N) is 1. The Kier molecular flexibility index (Phi) is 4.94. The van der Waals surface area contributed by atoms with Crippen LogP contribution in [0.2, 0.25) is 5.02 Å². The second kappa shape index (κ2) is 8.04. The molecule has 3 heterocycles. The minimum Gasteiger partial charge on any atom is -0.348 e. The van der Waals surface area contributed by atoms with Crippen LogP contribution < -0.4 is 16.3 Å². The Balaban J connectivity index is 1.58. The molecule has 3 aromatic carbocycles. The van der Waals surface area contributed by atoms with Crippen LogP contribution in [0.5, 0.6) is 0 Å². The number of pyridine rings is 1. The molecular formula is C26H17ClN4O3S. The summed E-state index contributed by atoms with van der Waals surface area (Å²) < 4.78 is 4.18. The van der Waals surface area contributed by atoms with E-state index >= 15 is 0 Å². The monoisotopic (exact) mass is 500 g/mol. The van der Waals surface area contributed by atoms with E-state index in [9.17, 15) is 14.4 Å². The Bertz CT molecular complexity index is 1950. The fourth-order valence-electron chi connectivity index (χ4n) is 4.52. The number of aryl methyl sites for hydroxylation is 1. The second-order valence-electron chi connectivity index (χ2n) is 8.22. The first-order valence-electron chi connectivity index (χ1n) is 10.8. The van der Waals surface area contributed by atoms with Crippen molar-refractivity contribution in [2.75, 3.05) is 0 Å². The lowest BCUT2D eigenvalue weighted by atomic mass is 10.1. The molecule has 0 bridgehead atoms. The molecule has 1 N–H and O–H groups in total. The molecule has 0 aliphatic heterocycles. The molecule has 7 nitrogen and oxygen atoms in total. The number of para-hydroxylation sites is 2. The van der Waals surface area contributed by atoms with Gasteiger partial charge in [-0.1, -0.05) is 23.7 Å². The molecular weight excluding hydrogens is 484 g/mol. The van der Waals surface area contributed by atoms with Gasteiger partial charge in [-0.2, -0.15) is 0 Å². The fraction of sp³-hybridized carbons (Fsp3) is 0.0769. The molecule has 0 unspecified atom stereocenters. The maximum atomic E-state index is 13.6. The van der Waals surface area contributed by atoms with Gasteiger partial charge in [0.2, 0.25) is 0 Å². The van der Waals surface area contributed by atoms with Gasteiger partial charge < -0.3 is 14.3 Å². The molecule has 6 aromatic rings. The van der Waals surface area contributed by atoms with Crippen molar-refractivity contribution >= 4 is 66.5 Å². The van der Waals surface area contributed by atoms with Crippen LogP contribution in [0.25, 0.3) is 37.7 Å². The van der Waals surface area contributed by atoms with E-state index in [-0.39, 0.29) is 34.5 Å². The highest BCUT2D eigenvalue weighted by atomic mass is 35.5. The summed E-state index contributed by atoms with van der Waals surface area (Å²) in [4.78, 5) is 44.3. The molecule has 0 radical (unpaired) electrons. The van der Waals surface area contributed by atoms with Crippen molar-refractivity contribution in [2.45, 2.75) is 6.54 Å². The number of rotatable bonds is 3. The van der Waals surface area contributed by atoms with E-state index in [1.165, 1.54) is 15.9 Å². The lowest BCUT2D eigenvalue weighted by Gasteiger charge is -2.17. The first-order valence-corrected chi connectivity index (χ1v) is 12.1. The van der Waals surface area contributed by atoms with Gasteiger partial charge in [-0.05, 0) is 48.5 Å². The summed E-state index contributed by atoms with van der Waals surface area (Å²) in [5, 5.41) is 3.70. The third-order valence-corrected chi connectivity index (χ3v) is 7.27. The smallest absolute Gasteiger partial charge is 0.275 e. The van der Waals surface area contributed by atoms with E-state index in [1.54, 1.807) is 53.4 Å². The number of halogens is 1. The SMILES string of the molecule is Cn1c(=O)c2c(CNC(=O)c3ccc4ncsc4c3)c(=O)c3ccc(Cl)cc3n2c2ccccc21. The summed E-state index contributed by atoms with van der Waals surface area (Å²) >= 11 is 7.72. The summed E-state index contributed by atoms with van der Waals surface area (Å²) in [6, 6.07) is 17.7. The van der Waals surface area contributed by atoms with Crippen molar-refractivity contribution in [2.24, 2.45) is 7.05 Å². The molecule has 9 heteroatoms. The number of benzene rings is 3. The van der Waals surface area contributed by atoms with Crippen LogP contribution in [0.15, 0.2) is 75.8 Å². The Labute approximate surface area is 206 Å². The highest BCUT2D eigenvalue weighted by molar-refractivity contribution is 7.16. The van der Waals surface area contributed by atoms with Crippen LogP contribution in [0.3, 0.4) is 0 Å². The van der Waals surface area contributed by atoms with E-state index in [0.29, 0.717) is 27.0 Å². The maximum absolute atomic E-state index is 13.6. The number of carbonyl (C=O) groups excluding carboxylic acids is 1. The van der Waals surface area contributed by atoms with E-state index in [0.717, 1.165) is 15.7 Å². The highest BCUT2D eigenvalue weighted by Gasteiger charge is 2.20. The third-order valence-electron chi connectivity index (χ3n) is 6.24. The van der Waals surface area contributed by atoms with Crippen molar-refractivity contribution in [3.63, 3.8) is 0 Å². The molecule has 0 fully saturated rings. The zero-order chi connectivity index (χ0) is 24.3. The molecule has 0 atom stereocenters. The normalized spacial score (nSPS) is 11.6. The van der Waals surface area contributed by atoms with Gasteiger partial charge in [0.25, 0.3) is 11.5 Å². The number of carbonyl (C=O) groups is 1. The zero-order valence-corrected chi connectivity index (χ0v) is 20.0. The van der Waals surface area contributed by atoms with Crippen LogP contribution in [0, 0.1) is 0 Å². The number of fused-ring (bicyclic) bond motifs is 6. The topological polar surface area (TPSA) is 85.5 Å². The number of hydrogen-bond donors (Lipinski definition) is 1. The molecule has 0 saturated carbocycles. The molecule has 35 heavy (non-hydrogen) atoms. The van der Waals surface area contributed by atoms with Gasteiger partial charge in [-0.25, -0.2) is 4.98 Å². The van der Waals surface area contributed by atoms with Crippen LogP contribution in [0.4, 0.5) is 0 Å². The summed E-state index contributed by atoms with van der Waals surface area (Å²) in [7, 11) is 1.67. The van der Waals surface area contributed by atoms with Crippen molar-refractivity contribution in [1.29, 1.82) is 0 Å². The molecule has 3 aromatic heterocycles. The van der Waals surface area contributed by atoms with Gasteiger partial charge in [-0.15, -0.1) is 11.3 Å². The number of hydrogen-bond acceptors (Lipinski definition) is 5. The zero-order valence-electron chi connectivity index (χ0n) is 18.4. The number of amides is 1. The highest BCUT2D eigenvalue weighted by Crippen LogP contribution is 2.24. The standard InChI is InChI=1S/C26H17ClN4O3S/c1-30-19-4-2-3-5-20(19)31-21-11-15(27)7-8-16(21)24(32)17(23(31)26(30)34)12-28-25(33)14-6-9-18-22(10-14)35-13-29-18/h2-11,13H,12H2,1H3,(H,28,33). The first-order chi connectivity index (χ1) is 16.9. The van der Waals surface area contributed by atoms with Crippen LogP contribution in [-0.4, -0.2) is 19.9 Å². The summed E-state index contributed by atoms with van der Waals surface area (Å²) in [6.07, 6.45) is 0. The summed E-state index contributed by atoms with van der Waals surface area (Å²) in [5.74, 6) is -0.341. The molecule has 0 spiro atoms. The van der Waals surface area contributed by atoms with Crippen molar-refractivity contribution in [1.82, 2.24) is 19.3 Å². The molecule has 0 saturated heterocycles. The Morgan fingerprint density at radius 2 is 1.83 bits per heavy atom. The van der Waals surface area contributed by atoms with E-state index in [4.69, 9.17) is 11.6 Å². The van der Waals surface area contributed by atoms with Crippen molar-refractivity contribution in [3.8, 4) is 0 Å². The lowest BCUT2D eigenvalue weighted by Crippen LogP contribution is -2.31. The van der Waals surface area contributed by atoms with E-state index < -0.39 is 0 Å². The number of thiazole rings is 1. The molecule has 6 rings (SSSR count). The largest absolute Gasteiger partial charge is 0.348 e. The van der Waals surface area contributed by atoms with Crippen molar-refractivity contribution < 1.29 is 4.79 Å². The average molecular weight is 501 g/mol. The predicted octanol–water partition coefficient (Wildman–Crippen LogP) is 4.50. The minimum absolute atomic E-state index is 0.103. The Morgan fingerprint density at radius 1 is 1.03 bits per heavy atom. The first kappa shape index (κ1) is 21.5. The Morgan fingerprint density at radius 3 is 2.66 bits per heavy atom. The lowest BCUT2D eigenvalue weighted by molar-refractivity contribution is 0.0951. The van der Waals surface area contributed by atoms with Gasteiger partial charge in [0.05, 0.1) is 32.3 Å². The molecule has 1 amide bonds. The quantitative estimate of drug-likeness (QED) is 0.363. The van der Waals surface area contributed by atoms with Crippen LogP contribution in [-0.2, 0) is 13.6 Å². The summed E-state index contributed by atoms with van der Waals surface area (Å²) in [6.45, 7) is -0.103. The Hall–Kier alpha value is -4.01. The van der Waals surface area contributed by atoms with E-state index in [1.807, 2.05) is 24.3 Å². The maximum Gasteiger partial charge on any atom is 0.275 e. The summed E-state index contributed by atoms with van der Waals surface area (Å²) in [5.41, 5.74) is 4.78. The van der Waals surface area contributed by atoms with E-state index in [2.05, 4.69) is 10.3 Å². The minimum atomic E-state index is -0.341. The van der Waals surface area contributed by atoms with Crippen LogP contribution >= 0.6 is 22.9 Å². The molecule has 0 aliphatic rings. The number of aromatic nitrogens is 3. The van der Waals surface area contributed by atoms with Gasteiger partial charge in [-0.3, -0.25) is 14.4 Å². The van der Waals surface area contributed by atoms with Gasteiger partial charge in [0.1, 0.15) is 5.52 Å². The molecule has 0 aliphatic carbocycles. The average Bonchev–Trinajstić information content (AvgIpc) is 3.34. The fourth-order valence-corrected chi connectivity index (χ4v) is 5.40. The molecule has 172 valence electrons. The third kappa shape index (κ3) is 3.33. The van der Waals surface area contributed by atoms with Gasteiger partial charge in [0, 0.05) is 35.1 Å². The second-order valence-corrected chi connectivity index (χ2v) is 9.55. The van der Waals surface area contributed by atoms with Crippen LogP contribution in [0.1, 0.15) is 15.9 Å². The number of nitrogens with zero attached hydrogens (tertiary/aromatic N) is 3. The van der Waals surface area contributed by atoms with Gasteiger partial charge in [0.15, 0.2) is 5.43 Å². The van der Waals surface area contributed by atoms with Crippen molar-refractivity contribution in [3.05, 3.63) is 103 Å². The predicted molar refractivity (Wildman–Crippen MR) is 140 cm³/mol.